The number of rotatable bonds is 2. The van der Waals surface area contributed by atoms with E-state index in [1.807, 2.05) is 36.7 Å². The third-order valence-electron chi connectivity index (χ3n) is 3.13. The Bertz CT molecular complexity index is 747. The fourth-order valence-electron chi connectivity index (χ4n) is 2.02. The van der Waals surface area contributed by atoms with Crippen LogP contribution in [0.15, 0.2) is 41.9 Å². The molecule has 4 heteroatoms. The lowest BCUT2D eigenvalue weighted by Crippen LogP contribution is -1.88. The van der Waals surface area contributed by atoms with Gasteiger partial charge in [0.2, 0.25) is 0 Å². The number of benzene rings is 1. The summed E-state index contributed by atoms with van der Waals surface area (Å²) in [5, 5.41) is 3.06. The first-order chi connectivity index (χ1) is 9.63. The lowest BCUT2D eigenvalue weighted by Gasteiger charge is -2.04. The molecule has 0 radical (unpaired) electrons. The highest BCUT2D eigenvalue weighted by Gasteiger charge is 2.05. The van der Waals surface area contributed by atoms with Gasteiger partial charge in [-0.25, -0.2) is 9.37 Å². The first-order valence-electron chi connectivity index (χ1n) is 6.28. The molecule has 20 heavy (non-hydrogen) atoms. The monoisotopic (exact) mass is 284 g/mol. The van der Waals surface area contributed by atoms with Gasteiger partial charge in [0.15, 0.2) is 0 Å². The van der Waals surface area contributed by atoms with Gasteiger partial charge >= 0.3 is 0 Å². The van der Waals surface area contributed by atoms with Crippen LogP contribution in [0.4, 0.5) is 4.39 Å². The molecule has 0 saturated carbocycles. The minimum absolute atomic E-state index is 0.191. The molecule has 3 aromatic rings. The molecule has 0 bridgehead atoms. The van der Waals surface area contributed by atoms with Gasteiger partial charge in [0.05, 0.1) is 16.4 Å². The van der Waals surface area contributed by atoms with Crippen LogP contribution in [0.25, 0.3) is 22.5 Å². The fourth-order valence-corrected chi connectivity index (χ4v) is 2.64. The Morgan fingerprint density at radius 1 is 1.00 bits per heavy atom. The van der Waals surface area contributed by atoms with Gasteiger partial charge in [-0.05, 0) is 49.7 Å². The molecule has 2 aromatic heterocycles. The lowest BCUT2D eigenvalue weighted by molar-refractivity contribution is 0.619. The molecule has 100 valence electrons. The van der Waals surface area contributed by atoms with E-state index in [2.05, 4.69) is 9.97 Å². The molecule has 0 aliphatic carbocycles. The molecule has 2 heterocycles. The second-order valence-corrected chi connectivity index (χ2v) is 5.71. The number of hydrogen-bond acceptors (Lipinski definition) is 3. The zero-order valence-electron chi connectivity index (χ0n) is 11.2. The van der Waals surface area contributed by atoms with Gasteiger partial charge in [-0.2, -0.15) is 0 Å². The Hall–Kier alpha value is -2.07. The van der Waals surface area contributed by atoms with E-state index in [-0.39, 0.29) is 5.82 Å². The second kappa shape index (κ2) is 5.13. The summed E-state index contributed by atoms with van der Waals surface area (Å²) >= 11 is 1.62. The molecular formula is C16H13FN2S. The number of aromatic nitrogens is 2. The van der Waals surface area contributed by atoms with Crippen LogP contribution in [-0.2, 0) is 0 Å². The lowest BCUT2D eigenvalue weighted by atomic mass is 10.1. The minimum atomic E-state index is -0.191. The zero-order chi connectivity index (χ0) is 14.1. The van der Waals surface area contributed by atoms with Crippen molar-refractivity contribution in [2.45, 2.75) is 13.8 Å². The summed E-state index contributed by atoms with van der Waals surface area (Å²) in [4.78, 5) is 8.89. The number of hydrogen-bond donors (Lipinski definition) is 0. The van der Waals surface area contributed by atoms with Crippen molar-refractivity contribution in [3.8, 4) is 22.5 Å². The smallest absolute Gasteiger partial charge is 0.126 e. The van der Waals surface area contributed by atoms with Crippen LogP contribution >= 0.6 is 11.3 Å². The van der Waals surface area contributed by atoms with Crippen LogP contribution in [0.3, 0.4) is 0 Å². The Morgan fingerprint density at radius 2 is 1.80 bits per heavy atom. The molecule has 0 aliphatic heterocycles. The molecule has 0 spiro atoms. The van der Waals surface area contributed by atoms with Gasteiger partial charge in [-0.15, -0.1) is 11.3 Å². The van der Waals surface area contributed by atoms with Gasteiger partial charge < -0.3 is 0 Å². The molecule has 2 nitrogen and oxygen atoms in total. The summed E-state index contributed by atoms with van der Waals surface area (Å²) in [6.07, 6.45) is 1.81. The fraction of sp³-hybridized carbons (Fsp3) is 0.125. The van der Waals surface area contributed by atoms with Crippen molar-refractivity contribution in [1.29, 1.82) is 0 Å². The third-order valence-corrected chi connectivity index (χ3v) is 3.91. The standard InChI is InChI=1S/C16H13FN2S/c1-10-7-12(3-5-14(10)17)15-6-4-13(8-18-15)16-9-20-11(2)19-16/h3-9H,1-2H3. The van der Waals surface area contributed by atoms with Gasteiger partial charge in [-0.3, -0.25) is 4.98 Å². The maximum atomic E-state index is 13.3. The van der Waals surface area contributed by atoms with Crippen molar-refractivity contribution in [3.05, 3.63) is 58.3 Å². The first-order valence-corrected chi connectivity index (χ1v) is 7.16. The van der Waals surface area contributed by atoms with Crippen molar-refractivity contribution in [1.82, 2.24) is 9.97 Å². The van der Waals surface area contributed by atoms with Crippen molar-refractivity contribution < 1.29 is 4.39 Å². The topological polar surface area (TPSA) is 25.8 Å². The number of halogens is 1. The van der Waals surface area contributed by atoms with E-state index in [9.17, 15) is 4.39 Å². The Balaban J connectivity index is 1.94. The summed E-state index contributed by atoms with van der Waals surface area (Å²) in [6.45, 7) is 3.74. The number of thiazole rings is 1. The van der Waals surface area contributed by atoms with E-state index in [1.54, 1.807) is 24.3 Å². The summed E-state index contributed by atoms with van der Waals surface area (Å²) in [5.41, 5.74) is 4.33. The van der Waals surface area contributed by atoms with Gasteiger partial charge in [-0.1, -0.05) is 0 Å². The summed E-state index contributed by atoms with van der Waals surface area (Å²) in [5.74, 6) is -0.191. The van der Waals surface area contributed by atoms with Crippen molar-refractivity contribution in [2.75, 3.05) is 0 Å². The number of nitrogens with zero attached hydrogens (tertiary/aromatic N) is 2. The van der Waals surface area contributed by atoms with E-state index in [4.69, 9.17) is 0 Å². The molecule has 0 saturated heterocycles. The molecule has 0 fully saturated rings. The highest BCUT2D eigenvalue weighted by atomic mass is 32.1. The third kappa shape index (κ3) is 2.47. The van der Waals surface area contributed by atoms with Crippen LogP contribution in [0.2, 0.25) is 0 Å². The van der Waals surface area contributed by atoms with E-state index >= 15 is 0 Å². The van der Waals surface area contributed by atoms with Crippen LogP contribution in [0.5, 0.6) is 0 Å². The summed E-state index contributed by atoms with van der Waals surface area (Å²) < 4.78 is 13.3. The van der Waals surface area contributed by atoms with Crippen molar-refractivity contribution >= 4 is 11.3 Å². The second-order valence-electron chi connectivity index (χ2n) is 4.65. The normalized spacial score (nSPS) is 10.8. The maximum Gasteiger partial charge on any atom is 0.126 e. The largest absolute Gasteiger partial charge is 0.256 e. The molecular weight excluding hydrogens is 271 g/mol. The highest BCUT2D eigenvalue weighted by molar-refractivity contribution is 7.09. The van der Waals surface area contributed by atoms with Crippen LogP contribution in [0, 0.1) is 19.7 Å². The quantitative estimate of drug-likeness (QED) is 0.685. The van der Waals surface area contributed by atoms with E-state index < -0.39 is 0 Å². The molecule has 0 unspecified atom stereocenters. The van der Waals surface area contributed by atoms with Gasteiger partial charge in [0.1, 0.15) is 5.82 Å². The Kier molecular flexibility index (Phi) is 3.32. The number of pyridine rings is 1. The summed E-state index contributed by atoms with van der Waals surface area (Å²) in [6, 6.07) is 8.97. The average Bonchev–Trinajstić information content (AvgIpc) is 2.89. The molecule has 0 amide bonds. The predicted molar refractivity (Wildman–Crippen MR) is 80.2 cm³/mol. The zero-order valence-corrected chi connectivity index (χ0v) is 12.0. The average molecular weight is 284 g/mol. The van der Waals surface area contributed by atoms with Crippen LogP contribution < -0.4 is 0 Å². The molecule has 0 aliphatic rings. The van der Waals surface area contributed by atoms with Gasteiger partial charge in [0.25, 0.3) is 0 Å². The highest BCUT2D eigenvalue weighted by Crippen LogP contribution is 2.24. The van der Waals surface area contributed by atoms with Crippen molar-refractivity contribution in [2.24, 2.45) is 0 Å². The SMILES string of the molecule is Cc1nc(-c2ccc(-c3ccc(F)c(C)c3)nc2)cs1. The molecule has 0 atom stereocenters. The molecule has 0 N–H and O–H groups in total. The Labute approximate surface area is 121 Å². The molecule has 3 rings (SSSR count). The van der Waals surface area contributed by atoms with Crippen molar-refractivity contribution in [3.63, 3.8) is 0 Å². The Morgan fingerprint density at radius 3 is 2.40 bits per heavy atom. The number of aryl methyl sites for hydroxylation is 2. The summed E-state index contributed by atoms with van der Waals surface area (Å²) in [7, 11) is 0. The van der Waals surface area contributed by atoms with Gasteiger partial charge in [0, 0.05) is 22.7 Å². The molecule has 1 aromatic carbocycles. The van der Waals surface area contributed by atoms with E-state index in [0.717, 1.165) is 27.5 Å². The predicted octanol–water partition coefficient (Wildman–Crippen LogP) is 4.63. The minimum Gasteiger partial charge on any atom is -0.256 e. The van der Waals surface area contributed by atoms with E-state index in [1.165, 1.54) is 6.07 Å². The first kappa shape index (κ1) is 12.9. The van der Waals surface area contributed by atoms with Crippen LogP contribution in [0.1, 0.15) is 10.6 Å². The van der Waals surface area contributed by atoms with Crippen LogP contribution in [-0.4, -0.2) is 9.97 Å². The maximum absolute atomic E-state index is 13.3. The van der Waals surface area contributed by atoms with E-state index in [0.29, 0.717) is 5.56 Å².